The summed E-state index contributed by atoms with van der Waals surface area (Å²) in [6, 6.07) is 35.1. The summed E-state index contributed by atoms with van der Waals surface area (Å²) in [6.45, 7) is 9.85. The van der Waals surface area contributed by atoms with E-state index in [0.29, 0.717) is 26.2 Å². The van der Waals surface area contributed by atoms with Crippen molar-refractivity contribution >= 4 is 11.6 Å². The van der Waals surface area contributed by atoms with Crippen molar-refractivity contribution in [3.63, 3.8) is 0 Å². The normalized spacial score (nSPS) is 19.0. The molecule has 0 saturated carbocycles. The summed E-state index contributed by atoms with van der Waals surface area (Å²) in [6.07, 6.45) is 1.77. The van der Waals surface area contributed by atoms with E-state index >= 15 is 0 Å². The van der Waals surface area contributed by atoms with Crippen LogP contribution in [0.3, 0.4) is 0 Å². The van der Waals surface area contributed by atoms with Crippen LogP contribution in [0, 0.1) is 0 Å². The van der Waals surface area contributed by atoms with E-state index in [9.17, 15) is 0 Å². The molecule has 242 valence electrons. The fourth-order valence-electron chi connectivity index (χ4n) is 5.41. The van der Waals surface area contributed by atoms with Crippen molar-refractivity contribution in [2.75, 3.05) is 13.7 Å². The molecule has 0 aromatic heterocycles. The molecule has 4 atom stereocenters. The van der Waals surface area contributed by atoms with Crippen molar-refractivity contribution in [2.24, 2.45) is 0 Å². The molecule has 1 heterocycles. The van der Waals surface area contributed by atoms with Gasteiger partial charge in [0.25, 0.3) is 0 Å². The van der Waals surface area contributed by atoms with Crippen LogP contribution in [0.4, 0.5) is 0 Å². The third-order valence-corrected chi connectivity index (χ3v) is 7.95. The lowest BCUT2D eigenvalue weighted by molar-refractivity contribution is -0.210. The van der Waals surface area contributed by atoms with Gasteiger partial charge in [0.05, 0.1) is 38.1 Å². The molecule has 5 nitrogen and oxygen atoms in total. The van der Waals surface area contributed by atoms with Crippen LogP contribution in [0.1, 0.15) is 74.5 Å². The smallest absolute Gasteiger partial charge is 0.119 e. The minimum Gasteiger partial charge on any atom is -0.494 e. The molecule has 4 aromatic carbocycles. The minimum absolute atomic E-state index is 0.0940. The van der Waals surface area contributed by atoms with Gasteiger partial charge in [0.15, 0.2) is 0 Å². The molecule has 1 aliphatic heterocycles. The lowest BCUT2D eigenvalue weighted by Gasteiger charge is -2.41. The Kier molecular flexibility index (Phi) is 16.2. The number of hydrogen-bond donors (Lipinski definition) is 1. The van der Waals surface area contributed by atoms with Crippen molar-refractivity contribution in [1.29, 1.82) is 0 Å². The Morgan fingerprint density at radius 1 is 0.756 bits per heavy atom. The molecule has 0 aliphatic carbocycles. The average Bonchev–Trinajstić information content (AvgIpc) is 3.11. The first-order chi connectivity index (χ1) is 22.1. The average molecular weight is 633 g/mol. The van der Waals surface area contributed by atoms with E-state index in [1.165, 1.54) is 5.56 Å². The highest BCUT2D eigenvalue weighted by Gasteiger charge is 2.40. The van der Waals surface area contributed by atoms with Crippen LogP contribution in [0.25, 0.3) is 0 Å². The van der Waals surface area contributed by atoms with Crippen LogP contribution < -0.4 is 4.74 Å². The van der Waals surface area contributed by atoms with Crippen LogP contribution in [0.15, 0.2) is 103 Å². The standard InChI is InChI=1S/C36H39ClO4.C2H6.CH4O/c1-3-33-36(40-25-28-13-9-6-10-14-28)35(39-24-27-11-7-5-8-12-27)23-34(41-33)29-17-20-32(37)30(22-29)21-26-15-18-31(19-16-26)38-4-2;2*1-2/h5-20,22,33-36H,3-4,21,23-25H2,1-2H3;1-2H3;2H,1H3/t33?,34?,35?,36-;;/m1../s1. The molecule has 1 N–H and O–H groups in total. The zero-order valence-electron chi connectivity index (χ0n) is 27.3. The number of halogens is 1. The summed E-state index contributed by atoms with van der Waals surface area (Å²) in [4.78, 5) is 0. The highest BCUT2D eigenvalue weighted by molar-refractivity contribution is 6.31. The lowest BCUT2D eigenvalue weighted by Crippen LogP contribution is -2.48. The summed E-state index contributed by atoms with van der Waals surface area (Å²) in [5, 5.41) is 7.76. The fourth-order valence-corrected chi connectivity index (χ4v) is 5.60. The Labute approximate surface area is 275 Å². The van der Waals surface area contributed by atoms with Gasteiger partial charge in [-0.05, 0) is 65.8 Å². The summed E-state index contributed by atoms with van der Waals surface area (Å²) in [5.74, 6) is 0.878. The number of hydrogen-bond acceptors (Lipinski definition) is 5. The molecule has 4 aromatic rings. The van der Waals surface area contributed by atoms with Crippen molar-refractivity contribution in [3.05, 3.63) is 136 Å². The molecule has 1 aliphatic rings. The Balaban J connectivity index is 0.00000133. The Morgan fingerprint density at radius 2 is 1.36 bits per heavy atom. The predicted octanol–water partition coefficient (Wildman–Crippen LogP) is 9.38. The summed E-state index contributed by atoms with van der Waals surface area (Å²) in [7, 11) is 1.00. The maximum Gasteiger partial charge on any atom is 0.119 e. The van der Waals surface area contributed by atoms with Gasteiger partial charge >= 0.3 is 0 Å². The molecule has 1 fully saturated rings. The monoisotopic (exact) mass is 632 g/mol. The number of rotatable bonds is 12. The van der Waals surface area contributed by atoms with Crippen molar-refractivity contribution in [2.45, 2.75) is 84.6 Å². The van der Waals surface area contributed by atoms with E-state index in [0.717, 1.165) is 53.0 Å². The van der Waals surface area contributed by atoms with Crippen LogP contribution in [-0.2, 0) is 33.8 Å². The highest BCUT2D eigenvalue weighted by Crippen LogP contribution is 2.38. The molecule has 3 unspecified atom stereocenters. The molecule has 1 saturated heterocycles. The van der Waals surface area contributed by atoms with Crippen LogP contribution in [0.5, 0.6) is 5.75 Å². The van der Waals surface area contributed by atoms with Gasteiger partial charge in [-0.3, -0.25) is 0 Å². The molecule has 0 radical (unpaired) electrons. The lowest BCUT2D eigenvalue weighted by atomic mass is 9.91. The van der Waals surface area contributed by atoms with E-state index in [-0.39, 0.29) is 24.4 Å². The number of ether oxygens (including phenoxy) is 4. The maximum absolute atomic E-state index is 7.00. The number of aliphatic hydroxyl groups is 1. The van der Waals surface area contributed by atoms with Gasteiger partial charge in [-0.1, -0.05) is 117 Å². The maximum atomic E-state index is 7.00. The van der Waals surface area contributed by atoms with Gasteiger partial charge in [0.2, 0.25) is 0 Å². The summed E-state index contributed by atoms with van der Waals surface area (Å²) >= 11 is 6.68. The summed E-state index contributed by atoms with van der Waals surface area (Å²) < 4.78 is 25.4. The second kappa shape index (κ2) is 20.0. The van der Waals surface area contributed by atoms with Gasteiger partial charge in [0, 0.05) is 18.6 Å². The van der Waals surface area contributed by atoms with Gasteiger partial charge in [-0.2, -0.15) is 0 Å². The zero-order chi connectivity index (χ0) is 32.4. The first-order valence-corrected chi connectivity index (χ1v) is 16.4. The molecule has 5 rings (SSSR count). The molecular formula is C39H49ClO5. The fraction of sp³-hybridized carbons (Fsp3) is 0.385. The molecule has 0 amide bonds. The van der Waals surface area contributed by atoms with E-state index < -0.39 is 0 Å². The van der Waals surface area contributed by atoms with E-state index in [1.54, 1.807) is 0 Å². The quantitative estimate of drug-likeness (QED) is 0.169. The van der Waals surface area contributed by atoms with E-state index in [4.69, 9.17) is 35.7 Å². The SMILES string of the molecule is CC.CCOc1ccc(Cc2cc(C3CC(OCc4ccccc4)[C@H](OCc4ccccc4)C(CC)O3)ccc2Cl)cc1.CO. The van der Waals surface area contributed by atoms with Crippen molar-refractivity contribution in [3.8, 4) is 5.75 Å². The molecular weight excluding hydrogens is 584 g/mol. The van der Waals surface area contributed by atoms with Gasteiger partial charge in [0.1, 0.15) is 11.9 Å². The third kappa shape index (κ3) is 11.0. The molecule has 45 heavy (non-hydrogen) atoms. The Hall–Kier alpha value is -3.19. The van der Waals surface area contributed by atoms with Gasteiger partial charge in [-0.25, -0.2) is 0 Å². The van der Waals surface area contributed by atoms with Gasteiger partial charge in [-0.15, -0.1) is 0 Å². The van der Waals surface area contributed by atoms with Crippen molar-refractivity contribution in [1.82, 2.24) is 0 Å². The Bertz CT molecular complexity index is 1350. The highest BCUT2D eigenvalue weighted by atomic mass is 35.5. The topological polar surface area (TPSA) is 57.2 Å². The third-order valence-electron chi connectivity index (χ3n) is 7.58. The van der Waals surface area contributed by atoms with Crippen LogP contribution in [-0.4, -0.2) is 37.1 Å². The van der Waals surface area contributed by atoms with E-state index in [2.05, 4.69) is 55.5 Å². The minimum atomic E-state index is -0.171. The molecule has 0 spiro atoms. The second-order valence-corrected chi connectivity index (χ2v) is 10.9. The number of benzene rings is 4. The molecule has 0 bridgehead atoms. The van der Waals surface area contributed by atoms with E-state index in [1.807, 2.05) is 75.4 Å². The molecule has 6 heteroatoms. The van der Waals surface area contributed by atoms with Gasteiger partial charge < -0.3 is 24.1 Å². The summed E-state index contributed by atoms with van der Waals surface area (Å²) in [5.41, 5.74) is 5.66. The van der Waals surface area contributed by atoms with Crippen molar-refractivity contribution < 1.29 is 24.1 Å². The second-order valence-electron chi connectivity index (χ2n) is 10.5. The van der Waals surface area contributed by atoms with Crippen LogP contribution >= 0.6 is 11.6 Å². The number of aliphatic hydroxyl groups excluding tert-OH is 1. The first-order valence-electron chi connectivity index (χ1n) is 16.0. The largest absolute Gasteiger partial charge is 0.494 e. The first kappa shape index (κ1) is 36.3. The Morgan fingerprint density at radius 3 is 1.93 bits per heavy atom. The predicted molar refractivity (Wildman–Crippen MR) is 184 cm³/mol. The van der Waals surface area contributed by atoms with Crippen LogP contribution in [0.2, 0.25) is 5.02 Å². The zero-order valence-corrected chi connectivity index (χ0v) is 28.1.